The third kappa shape index (κ3) is 7.56. The third-order valence-corrected chi connectivity index (χ3v) is 12.0. The van der Waals surface area contributed by atoms with E-state index in [1.54, 1.807) is 13.2 Å². The number of nitrogens with zero attached hydrogens (tertiary/aromatic N) is 4. The van der Waals surface area contributed by atoms with E-state index in [2.05, 4.69) is 20.6 Å². The van der Waals surface area contributed by atoms with Crippen LogP contribution in [0.4, 0.5) is 23.2 Å². The number of rotatable bonds is 12. The molecular weight excluding hydrogens is 716 g/mol. The zero-order valence-corrected chi connectivity index (χ0v) is 30.1. The van der Waals surface area contributed by atoms with E-state index < -0.39 is 66.7 Å². The average Bonchev–Trinajstić information content (AvgIpc) is 4.06. The summed E-state index contributed by atoms with van der Waals surface area (Å²) in [6.45, 7) is 1.74. The summed E-state index contributed by atoms with van der Waals surface area (Å²) in [5.74, 6) is -2.00. The van der Waals surface area contributed by atoms with Crippen LogP contribution in [0.1, 0.15) is 67.0 Å². The van der Waals surface area contributed by atoms with E-state index in [4.69, 9.17) is 18.9 Å². The normalized spacial score (nSPS) is 25.2. The molecule has 2 aromatic rings. The molecule has 294 valence electrons. The number of benzene rings is 1. The van der Waals surface area contributed by atoms with Crippen LogP contribution in [-0.4, -0.2) is 120 Å². The second kappa shape index (κ2) is 14.7. The van der Waals surface area contributed by atoms with Gasteiger partial charge in [-0.25, -0.2) is 4.39 Å². The summed E-state index contributed by atoms with van der Waals surface area (Å²) >= 11 is 0. The highest BCUT2D eigenvalue weighted by Gasteiger charge is 2.52. The van der Waals surface area contributed by atoms with Crippen molar-refractivity contribution in [2.45, 2.75) is 87.5 Å². The molecular formula is C37H46F4N6O7. The average molecular weight is 763 g/mol. The molecule has 1 spiro atoms. The standard InChI is InChI=1S/C37H46F4N6O7/c1-51-13-12-47-27(6-9-42-47)34(49)44-33(32(21-2-3-21)22-4-5-22)35(50)43-26-15-29-24(14-25(26)38)28(46-17-30(37(39,40)41)53-20-31(46)48)16-36(54-29)7-10-45(11-8-36)23-18-52-19-23/h6,9,14-15,21-23,28,30,32-33H,2-5,7-8,10-13,16-20H2,1H3,(H,43,50)(H,44,49)/t28?,30?,33-/m0/s1. The minimum atomic E-state index is -4.70. The molecule has 6 aliphatic rings. The number of anilines is 1. The van der Waals surface area contributed by atoms with Gasteiger partial charge in [0.2, 0.25) is 11.8 Å². The first-order valence-electron chi connectivity index (χ1n) is 18.9. The lowest BCUT2D eigenvalue weighted by Gasteiger charge is -2.51. The number of nitrogens with one attached hydrogen (secondary N) is 2. The molecule has 5 heterocycles. The van der Waals surface area contributed by atoms with Crippen LogP contribution in [0.25, 0.3) is 0 Å². The van der Waals surface area contributed by atoms with E-state index in [0.29, 0.717) is 52.3 Å². The Balaban J connectivity index is 1.08. The quantitative estimate of drug-likeness (QED) is 0.311. The van der Waals surface area contributed by atoms with Gasteiger partial charge in [0.1, 0.15) is 35.5 Å². The fourth-order valence-electron chi connectivity index (χ4n) is 8.69. The maximum absolute atomic E-state index is 16.2. The van der Waals surface area contributed by atoms with Crippen molar-refractivity contribution in [3.63, 3.8) is 0 Å². The fourth-order valence-corrected chi connectivity index (χ4v) is 8.69. The van der Waals surface area contributed by atoms with Gasteiger partial charge in [-0.1, -0.05) is 0 Å². The summed E-state index contributed by atoms with van der Waals surface area (Å²) in [5, 5.41) is 9.92. The van der Waals surface area contributed by atoms with Crippen molar-refractivity contribution in [1.82, 2.24) is 24.9 Å². The van der Waals surface area contributed by atoms with Crippen LogP contribution in [0.5, 0.6) is 5.75 Å². The third-order valence-electron chi connectivity index (χ3n) is 12.0. The van der Waals surface area contributed by atoms with Gasteiger partial charge in [-0.2, -0.15) is 18.3 Å². The lowest BCUT2D eigenvalue weighted by atomic mass is 9.79. The highest BCUT2D eigenvalue weighted by atomic mass is 19.4. The van der Waals surface area contributed by atoms with Crippen molar-refractivity contribution in [3.05, 3.63) is 41.5 Å². The first kappa shape index (κ1) is 37.1. The zero-order valence-electron chi connectivity index (χ0n) is 30.1. The number of halogens is 4. The molecule has 2 N–H and O–H groups in total. The van der Waals surface area contributed by atoms with E-state index >= 15 is 4.39 Å². The Kier molecular flexibility index (Phi) is 10.1. The molecule has 3 saturated heterocycles. The van der Waals surface area contributed by atoms with Crippen molar-refractivity contribution in [2.24, 2.45) is 17.8 Å². The van der Waals surface area contributed by atoms with Crippen LogP contribution in [0.15, 0.2) is 24.4 Å². The van der Waals surface area contributed by atoms with Crippen molar-refractivity contribution in [2.75, 3.05) is 58.5 Å². The predicted molar refractivity (Wildman–Crippen MR) is 183 cm³/mol. The number of carbonyl (C=O) groups is 3. The fraction of sp³-hybridized carbons (Fsp3) is 0.676. The van der Waals surface area contributed by atoms with Crippen molar-refractivity contribution >= 4 is 23.4 Å². The molecule has 13 nitrogen and oxygen atoms in total. The van der Waals surface area contributed by atoms with E-state index in [-0.39, 0.29) is 52.9 Å². The zero-order chi connectivity index (χ0) is 37.8. The maximum Gasteiger partial charge on any atom is 0.416 e. The highest BCUT2D eigenvalue weighted by Crippen LogP contribution is 2.52. The molecule has 2 unspecified atom stereocenters. The number of amides is 3. The van der Waals surface area contributed by atoms with Crippen LogP contribution in [0.3, 0.4) is 0 Å². The lowest BCUT2D eigenvalue weighted by molar-refractivity contribution is -0.238. The van der Waals surface area contributed by atoms with Crippen LogP contribution in [-0.2, 0) is 30.3 Å². The van der Waals surface area contributed by atoms with E-state index in [1.807, 2.05) is 0 Å². The van der Waals surface area contributed by atoms with Crippen molar-refractivity contribution in [1.29, 1.82) is 0 Å². The molecule has 1 aromatic heterocycles. The molecule has 0 radical (unpaired) electrons. The van der Waals surface area contributed by atoms with Gasteiger partial charge in [0.05, 0.1) is 50.7 Å². The van der Waals surface area contributed by atoms with Gasteiger partial charge >= 0.3 is 6.18 Å². The molecule has 1 aromatic carbocycles. The number of piperidine rings is 1. The van der Waals surface area contributed by atoms with E-state index in [9.17, 15) is 27.6 Å². The number of carbonyl (C=O) groups excluding carboxylic acids is 3. The summed E-state index contributed by atoms with van der Waals surface area (Å²) in [7, 11) is 1.55. The molecule has 0 bridgehead atoms. The summed E-state index contributed by atoms with van der Waals surface area (Å²) in [6.07, 6.45) is -0.438. The summed E-state index contributed by atoms with van der Waals surface area (Å²) in [6, 6.07) is 2.48. The molecule has 2 aliphatic carbocycles. The molecule has 54 heavy (non-hydrogen) atoms. The second-order valence-corrected chi connectivity index (χ2v) is 15.6. The van der Waals surface area contributed by atoms with Crippen molar-refractivity contribution < 1.29 is 50.9 Å². The number of alkyl halides is 3. The largest absolute Gasteiger partial charge is 0.487 e. The first-order valence-corrected chi connectivity index (χ1v) is 18.9. The molecule has 3 amide bonds. The van der Waals surface area contributed by atoms with Gasteiger partial charge in [-0.3, -0.25) is 24.0 Å². The molecule has 4 aliphatic heterocycles. The molecule has 2 saturated carbocycles. The van der Waals surface area contributed by atoms with Crippen LogP contribution >= 0.6 is 0 Å². The Morgan fingerprint density at radius 3 is 2.46 bits per heavy atom. The number of methoxy groups -OCH3 is 1. The number of fused-ring (bicyclic) bond motifs is 1. The van der Waals surface area contributed by atoms with Crippen molar-refractivity contribution in [3.8, 4) is 5.75 Å². The number of ether oxygens (including phenoxy) is 4. The Hall–Kier alpha value is -3.80. The number of aromatic nitrogens is 2. The maximum atomic E-state index is 16.2. The Labute approximate surface area is 309 Å². The molecule has 3 atom stereocenters. The molecule has 17 heteroatoms. The van der Waals surface area contributed by atoms with Crippen LogP contribution < -0.4 is 15.4 Å². The van der Waals surface area contributed by atoms with Gasteiger partial charge < -0.3 is 34.5 Å². The van der Waals surface area contributed by atoms with Gasteiger partial charge in [-0.05, 0) is 68.4 Å². The van der Waals surface area contributed by atoms with Crippen LogP contribution in [0.2, 0.25) is 0 Å². The molecule has 8 rings (SSSR count). The molecule has 5 fully saturated rings. The number of morpholine rings is 1. The summed E-state index contributed by atoms with van der Waals surface area (Å²) in [4.78, 5) is 44.6. The minimum Gasteiger partial charge on any atom is -0.487 e. The van der Waals surface area contributed by atoms with Crippen LogP contribution in [0, 0.1) is 23.6 Å². The van der Waals surface area contributed by atoms with Gasteiger partial charge in [0, 0.05) is 44.4 Å². The Morgan fingerprint density at radius 1 is 1.11 bits per heavy atom. The number of hydrogen-bond acceptors (Lipinski definition) is 9. The lowest BCUT2D eigenvalue weighted by Crippen LogP contribution is -2.59. The Bertz CT molecular complexity index is 1730. The minimum absolute atomic E-state index is 0.144. The van der Waals surface area contributed by atoms with E-state index in [0.717, 1.165) is 36.6 Å². The summed E-state index contributed by atoms with van der Waals surface area (Å²) in [5.41, 5.74) is -0.545. The second-order valence-electron chi connectivity index (χ2n) is 15.6. The number of likely N-dealkylation sites (tertiary alicyclic amines) is 1. The summed E-state index contributed by atoms with van der Waals surface area (Å²) < 4.78 is 81.4. The van der Waals surface area contributed by atoms with E-state index in [1.165, 1.54) is 16.9 Å². The predicted octanol–water partition coefficient (Wildman–Crippen LogP) is 3.69. The topological polar surface area (TPSA) is 136 Å². The smallest absolute Gasteiger partial charge is 0.416 e. The first-order chi connectivity index (χ1) is 25.9. The highest BCUT2D eigenvalue weighted by molar-refractivity contribution is 6.01. The van der Waals surface area contributed by atoms with Gasteiger partial charge in [0.25, 0.3) is 5.91 Å². The SMILES string of the molecule is COCCn1nccc1C(=O)N[C@H](C(=O)Nc1cc2c(cc1F)C(N1CC(C(F)(F)F)OCC1=O)CC1(CCN(C3COC3)CC1)O2)C(C1CC1)C1CC1. The Morgan fingerprint density at radius 2 is 1.83 bits per heavy atom. The number of hydrogen-bond donors (Lipinski definition) is 2. The van der Waals surface area contributed by atoms with Gasteiger partial charge in [0.15, 0.2) is 6.10 Å². The monoisotopic (exact) mass is 762 g/mol. The van der Waals surface area contributed by atoms with Gasteiger partial charge in [-0.15, -0.1) is 0 Å².